The second kappa shape index (κ2) is 6.07. The topological polar surface area (TPSA) is 84.5 Å². The average molecular weight is 387 g/mol. The summed E-state index contributed by atoms with van der Waals surface area (Å²) in [4.78, 5) is 34.8. The second-order valence-corrected chi connectivity index (χ2v) is 7.55. The summed E-state index contributed by atoms with van der Waals surface area (Å²) in [6.07, 6.45) is 4.82. The van der Waals surface area contributed by atoms with Gasteiger partial charge in [0.1, 0.15) is 25.4 Å². The van der Waals surface area contributed by atoms with Gasteiger partial charge < -0.3 is 18.9 Å². The predicted molar refractivity (Wildman–Crippen MR) is 104 cm³/mol. The van der Waals surface area contributed by atoms with Crippen molar-refractivity contribution < 1.29 is 14.1 Å². The number of amides is 2. The van der Waals surface area contributed by atoms with Crippen LogP contribution < -0.4 is 5.46 Å². The Morgan fingerprint density at radius 2 is 2.10 bits per heavy atom. The molecule has 8 nitrogen and oxygen atoms in total. The van der Waals surface area contributed by atoms with E-state index in [-0.39, 0.29) is 11.8 Å². The fraction of sp³-hybridized carbons (Fsp3) is 0.300. The first-order valence-corrected chi connectivity index (χ1v) is 9.35. The van der Waals surface area contributed by atoms with Crippen LogP contribution in [0.25, 0.3) is 0 Å². The van der Waals surface area contributed by atoms with Crippen molar-refractivity contribution in [3.63, 3.8) is 0 Å². The molecule has 2 radical (unpaired) electrons. The lowest BCUT2D eigenvalue weighted by molar-refractivity contribution is -0.00828. The number of aromatic nitrogens is 3. The average Bonchev–Trinajstić information content (AvgIpc) is 3.39. The molecule has 1 unspecified atom stereocenters. The van der Waals surface area contributed by atoms with Crippen molar-refractivity contribution in [3.8, 4) is 0 Å². The molecule has 0 bridgehead atoms. The molecule has 0 aromatic carbocycles. The number of nitrogens with zero attached hydrogens (tertiary/aromatic N) is 5. The second-order valence-electron chi connectivity index (χ2n) is 7.55. The smallest absolute Gasteiger partial charge is 0.272 e. The summed E-state index contributed by atoms with van der Waals surface area (Å²) >= 11 is 0. The number of carbonyl (C=O) groups is 2. The number of aryl methyl sites for hydroxylation is 2. The standard InChI is InChI=1S/C20H18BN5O3/c1-12-3-4-17(22-8-12)20-11-24-9-14(21)7-16(24)19(28)26(20)6-5-25(20)18(27)15-10-29-23-13(15)2/h3-4,7-10H,5-6,11H2,1-2H3. The Kier molecular flexibility index (Phi) is 3.71. The Bertz CT molecular complexity index is 1140. The highest BCUT2D eigenvalue weighted by Crippen LogP contribution is 2.42. The third-order valence-electron chi connectivity index (χ3n) is 5.76. The van der Waals surface area contributed by atoms with Crippen LogP contribution in [0.3, 0.4) is 0 Å². The molecular formula is C20H18BN5O3. The molecule has 9 heteroatoms. The van der Waals surface area contributed by atoms with Crippen LogP contribution in [-0.4, -0.2) is 57.3 Å². The van der Waals surface area contributed by atoms with Crippen molar-refractivity contribution >= 4 is 25.1 Å². The Balaban J connectivity index is 1.71. The molecule has 0 aliphatic carbocycles. The van der Waals surface area contributed by atoms with Gasteiger partial charge in [0.05, 0.1) is 17.9 Å². The lowest BCUT2D eigenvalue weighted by Crippen LogP contribution is -2.60. The lowest BCUT2D eigenvalue weighted by atomic mass is 9.97. The maximum atomic E-state index is 13.5. The summed E-state index contributed by atoms with van der Waals surface area (Å²) in [7, 11) is 5.96. The van der Waals surface area contributed by atoms with Gasteiger partial charge in [-0.25, -0.2) is 0 Å². The van der Waals surface area contributed by atoms with Crippen LogP contribution in [0.1, 0.15) is 37.8 Å². The normalized spacial score (nSPS) is 20.7. The minimum absolute atomic E-state index is 0.173. The van der Waals surface area contributed by atoms with Crippen molar-refractivity contribution in [3.05, 3.63) is 65.1 Å². The zero-order valence-corrected chi connectivity index (χ0v) is 16.1. The minimum atomic E-state index is -1.05. The van der Waals surface area contributed by atoms with Crippen molar-refractivity contribution in [2.24, 2.45) is 0 Å². The predicted octanol–water partition coefficient (Wildman–Crippen LogP) is 0.747. The van der Waals surface area contributed by atoms with E-state index in [2.05, 4.69) is 10.1 Å². The highest BCUT2D eigenvalue weighted by atomic mass is 16.5. The minimum Gasteiger partial charge on any atom is -0.364 e. The van der Waals surface area contributed by atoms with Crippen molar-refractivity contribution in [1.82, 2.24) is 24.5 Å². The summed E-state index contributed by atoms with van der Waals surface area (Å²) in [5.41, 5.74) is 2.49. The Morgan fingerprint density at radius 3 is 2.79 bits per heavy atom. The third-order valence-corrected chi connectivity index (χ3v) is 5.76. The largest absolute Gasteiger partial charge is 0.364 e. The van der Waals surface area contributed by atoms with Crippen molar-refractivity contribution in [2.75, 3.05) is 13.1 Å². The molecule has 0 spiro atoms. The molecule has 1 saturated heterocycles. The van der Waals surface area contributed by atoms with Gasteiger partial charge in [0.15, 0.2) is 5.66 Å². The van der Waals surface area contributed by atoms with E-state index in [1.165, 1.54) is 6.26 Å². The number of pyridine rings is 1. The SMILES string of the molecule is [B]c1cc2n(c1)CC1(c3ccc(C)cn3)N(C(=O)c3conc3C)CCN1C2=O. The molecule has 2 aliphatic heterocycles. The summed E-state index contributed by atoms with van der Waals surface area (Å²) in [5, 5.41) is 3.83. The lowest BCUT2D eigenvalue weighted by Gasteiger charge is -2.46. The molecule has 2 aliphatic rings. The molecule has 5 heterocycles. The van der Waals surface area contributed by atoms with Gasteiger partial charge in [-0.2, -0.15) is 0 Å². The molecule has 29 heavy (non-hydrogen) atoms. The molecular weight excluding hydrogens is 369 g/mol. The highest BCUT2D eigenvalue weighted by Gasteiger charge is 2.57. The maximum Gasteiger partial charge on any atom is 0.272 e. The quantitative estimate of drug-likeness (QED) is 0.606. The van der Waals surface area contributed by atoms with Gasteiger partial charge >= 0.3 is 0 Å². The Labute approximate surface area is 168 Å². The first-order chi connectivity index (χ1) is 13.9. The molecule has 3 aromatic heterocycles. The molecule has 0 N–H and O–H groups in total. The van der Waals surface area contributed by atoms with Gasteiger partial charge in [-0.15, -0.1) is 0 Å². The Morgan fingerprint density at radius 1 is 1.28 bits per heavy atom. The van der Waals surface area contributed by atoms with Gasteiger partial charge in [0.2, 0.25) is 0 Å². The van der Waals surface area contributed by atoms with E-state index in [1.54, 1.807) is 35.2 Å². The van der Waals surface area contributed by atoms with Gasteiger partial charge in [-0.3, -0.25) is 14.6 Å². The molecule has 144 valence electrons. The van der Waals surface area contributed by atoms with Gasteiger partial charge in [-0.05, 0) is 37.7 Å². The molecule has 0 saturated carbocycles. The molecule has 3 aromatic rings. The maximum absolute atomic E-state index is 13.5. The van der Waals surface area contributed by atoms with Gasteiger partial charge in [0.25, 0.3) is 11.8 Å². The van der Waals surface area contributed by atoms with Crippen LogP contribution in [0, 0.1) is 13.8 Å². The number of fused-ring (bicyclic) bond motifs is 2. The van der Waals surface area contributed by atoms with Crippen LogP contribution in [-0.2, 0) is 12.2 Å². The number of rotatable bonds is 2. The zero-order chi connectivity index (χ0) is 20.3. The van der Waals surface area contributed by atoms with E-state index in [4.69, 9.17) is 12.4 Å². The van der Waals surface area contributed by atoms with Crippen molar-refractivity contribution in [2.45, 2.75) is 26.1 Å². The molecule has 1 fully saturated rings. The van der Waals surface area contributed by atoms with Crippen molar-refractivity contribution in [1.29, 1.82) is 0 Å². The van der Waals surface area contributed by atoms with Gasteiger partial charge in [-0.1, -0.05) is 16.7 Å². The first kappa shape index (κ1) is 17.7. The first-order valence-electron chi connectivity index (χ1n) is 9.35. The zero-order valence-electron chi connectivity index (χ0n) is 16.1. The highest BCUT2D eigenvalue weighted by molar-refractivity contribution is 6.32. The van der Waals surface area contributed by atoms with Crippen LogP contribution in [0.15, 0.2) is 41.4 Å². The van der Waals surface area contributed by atoms with Gasteiger partial charge in [0, 0.05) is 19.3 Å². The fourth-order valence-corrected chi connectivity index (χ4v) is 4.35. The monoisotopic (exact) mass is 387 g/mol. The summed E-state index contributed by atoms with van der Waals surface area (Å²) in [6.45, 7) is 4.79. The number of carbonyl (C=O) groups excluding carboxylic acids is 2. The molecule has 1 atom stereocenters. The van der Waals surface area contributed by atoms with E-state index in [0.717, 1.165) is 5.56 Å². The van der Waals surface area contributed by atoms with Crippen LogP contribution in [0.2, 0.25) is 0 Å². The fourth-order valence-electron chi connectivity index (χ4n) is 4.35. The number of hydrogen-bond acceptors (Lipinski definition) is 5. The van der Waals surface area contributed by atoms with Crippen LogP contribution in [0.5, 0.6) is 0 Å². The van der Waals surface area contributed by atoms with E-state index >= 15 is 0 Å². The number of hydrogen-bond donors (Lipinski definition) is 0. The van der Waals surface area contributed by atoms with E-state index < -0.39 is 5.66 Å². The van der Waals surface area contributed by atoms with E-state index in [1.807, 2.05) is 23.6 Å². The Hall–Kier alpha value is -3.36. The van der Waals surface area contributed by atoms with Crippen LogP contribution >= 0.6 is 0 Å². The summed E-state index contributed by atoms with van der Waals surface area (Å²) in [6, 6.07) is 5.48. The summed E-state index contributed by atoms with van der Waals surface area (Å²) < 4.78 is 6.79. The van der Waals surface area contributed by atoms with E-state index in [9.17, 15) is 9.59 Å². The molecule has 2 amide bonds. The summed E-state index contributed by atoms with van der Waals surface area (Å²) in [5.74, 6) is -0.419. The van der Waals surface area contributed by atoms with Crippen LogP contribution in [0.4, 0.5) is 0 Å². The van der Waals surface area contributed by atoms with E-state index in [0.29, 0.717) is 47.7 Å². The molecule has 5 rings (SSSR count). The third kappa shape index (κ3) is 2.39.